The predicted octanol–water partition coefficient (Wildman–Crippen LogP) is 4.14. The van der Waals surface area contributed by atoms with E-state index < -0.39 is 52.2 Å². The molecular formula is C16H9F6N5O. The van der Waals surface area contributed by atoms with Gasteiger partial charge in [-0.3, -0.25) is 10.8 Å². The zero-order valence-electron chi connectivity index (χ0n) is 13.5. The standard InChI is InChI=1S/C16H9F6N5O/c17-8-1-2-11(26-27-12(6-23)15(24)25)13(5-8)28-14-9(18)3-7(4-10(14)19)16(20,21)22/h1-5,26H,(H3,24,25)/b27-12+. The lowest BCUT2D eigenvalue weighted by molar-refractivity contribution is -0.138. The van der Waals surface area contributed by atoms with Crippen molar-refractivity contribution in [2.75, 3.05) is 5.43 Å². The maximum Gasteiger partial charge on any atom is 0.416 e. The average Bonchev–Trinajstić information content (AvgIpc) is 2.58. The summed E-state index contributed by atoms with van der Waals surface area (Å²) in [6.07, 6.45) is -4.99. The molecule has 6 nitrogen and oxygen atoms in total. The number of hydrazone groups is 1. The van der Waals surface area contributed by atoms with Crippen molar-refractivity contribution in [3.63, 3.8) is 0 Å². The molecule has 0 aromatic heterocycles. The lowest BCUT2D eigenvalue weighted by Gasteiger charge is -2.14. The highest BCUT2D eigenvalue weighted by molar-refractivity contribution is 6.45. The minimum absolute atomic E-state index is 0.0203. The summed E-state index contributed by atoms with van der Waals surface area (Å²) >= 11 is 0. The molecule has 0 saturated heterocycles. The van der Waals surface area contributed by atoms with E-state index >= 15 is 0 Å². The molecule has 2 rings (SSSR count). The second kappa shape index (κ2) is 7.87. The third-order valence-corrected chi connectivity index (χ3v) is 3.13. The van der Waals surface area contributed by atoms with Crippen LogP contribution in [0, 0.1) is 34.2 Å². The maximum atomic E-state index is 13.9. The molecule has 0 spiro atoms. The Morgan fingerprint density at radius 3 is 2.25 bits per heavy atom. The highest BCUT2D eigenvalue weighted by atomic mass is 19.4. The van der Waals surface area contributed by atoms with Crippen molar-refractivity contribution < 1.29 is 31.1 Å². The fourth-order valence-corrected chi connectivity index (χ4v) is 1.87. The second-order valence-corrected chi connectivity index (χ2v) is 5.11. The summed E-state index contributed by atoms with van der Waals surface area (Å²) in [6.45, 7) is 0. The molecule has 0 aliphatic heterocycles. The van der Waals surface area contributed by atoms with Gasteiger partial charge in [-0.05, 0) is 24.3 Å². The van der Waals surface area contributed by atoms with E-state index in [4.69, 9.17) is 21.1 Å². The van der Waals surface area contributed by atoms with Gasteiger partial charge in [0.1, 0.15) is 11.9 Å². The molecule has 0 heterocycles. The minimum atomic E-state index is -4.99. The van der Waals surface area contributed by atoms with Crippen LogP contribution in [0.15, 0.2) is 35.4 Å². The summed E-state index contributed by atoms with van der Waals surface area (Å²) in [5.74, 6) is -6.71. The SMILES string of the molecule is N#C/C(=N\Nc1ccc(F)cc1Oc1c(F)cc(C(F)(F)F)cc1F)C(=N)N. The van der Waals surface area contributed by atoms with Crippen LogP contribution in [0.2, 0.25) is 0 Å². The first kappa shape index (κ1) is 20.6. The van der Waals surface area contributed by atoms with Gasteiger partial charge in [0, 0.05) is 6.07 Å². The summed E-state index contributed by atoms with van der Waals surface area (Å²) in [5.41, 5.74) is 4.95. The number of rotatable bonds is 5. The highest BCUT2D eigenvalue weighted by Crippen LogP contribution is 2.37. The molecule has 146 valence electrons. The van der Waals surface area contributed by atoms with E-state index in [1.807, 2.05) is 0 Å². The molecule has 0 bridgehead atoms. The van der Waals surface area contributed by atoms with Crippen molar-refractivity contribution in [1.82, 2.24) is 0 Å². The number of anilines is 1. The van der Waals surface area contributed by atoms with Crippen molar-refractivity contribution >= 4 is 17.2 Å². The summed E-state index contributed by atoms with van der Waals surface area (Å²) in [6, 6.07) is 4.13. The van der Waals surface area contributed by atoms with Gasteiger partial charge in [-0.15, -0.1) is 0 Å². The zero-order valence-corrected chi connectivity index (χ0v) is 13.5. The molecule has 0 radical (unpaired) electrons. The van der Waals surface area contributed by atoms with Gasteiger partial charge in [-0.25, -0.2) is 13.2 Å². The molecule has 28 heavy (non-hydrogen) atoms. The molecular weight excluding hydrogens is 392 g/mol. The van der Waals surface area contributed by atoms with Crippen molar-refractivity contribution in [1.29, 1.82) is 10.7 Å². The van der Waals surface area contributed by atoms with Gasteiger partial charge in [0.15, 0.2) is 29.0 Å². The first-order valence-corrected chi connectivity index (χ1v) is 7.14. The first-order valence-electron chi connectivity index (χ1n) is 7.14. The maximum absolute atomic E-state index is 13.9. The average molecular weight is 401 g/mol. The summed E-state index contributed by atoms with van der Waals surface area (Å²) in [5, 5.41) is 19.3. The molecule has 0 aliphatic carbocycles. The van der Waals surface area contributed by atoms with Gasteiger partial charge in [0.25, 0.3) is 0 Å². The Hall–Kier alpha value is -3.75. The van der Waals surface area contributed by atoms with Crippen molar-refractivity contribution in [3.05, 3.63) is 53.3 Å². The van der Waals surface area contributed by atoms with Crippen molar-refractivity contribution in [3.8, 4) is 17.6 Å². The number of halogens is 6. The Kier molecular flexibility index (Phi) is 5.78. The van der Waals surface area contributed by atoms with Gasteiger partial charge >= 0.3 is 6.18 Å². The Labute approximate surface area is 153 Å². The fourth-order valence-electron chi connectivity index (χ4n) is 1.87. The topological polar surface area (TPSA) is 107 Å². The van der Waals surface area contributed by atoms with E-state index in [0.29, 0.717) is 6.07 Å². The van der Waals surface area contributed by atoms with Crippen LogP contribution in [0.1, 0.15) is 5.56 Å². The Balaban J connectivity index is 2.43. The Morgan fingerprint density at radius 1 is 1.14 bits per heavy atom. The molecule has 0 atom stereocenters. The van der Waals surface area contributed by atoms with Gasteiger partial charge in [-0.2, -0.15) is 23.5 Å². The lowest BCUT2D eigenvalue weighted by atomic mass is 10.2. The largest absolute Gasteiger partial charge is 0.449 e. The van der Waals surface area contributed by atoms with E-state index in [9.17, 15) is 26.3 Å². The van der Waals surface area contributed by atoms with E-state index in [0.717, 1.165) is 12.1 Å². The molecule has 0 unspecified atom stereocenters. The second-order valence-electron chi connectivity index (χ2n) is 5.11. The summed E-state index contributed by atoms with van der Waals surface area (Å²) in [4.78, 5) is 0. The van der Waals surface area contributed by atoms with E-state index in [1.165, 1.54) is 6.07 Å². The van der Waals surface area contributed by atoms with E-state index in [2.05, 4.69) is 10.5 Å². The molecule has 4 N–H and O–H groups in total. The van der Waals surface area contributed by atoms with Gasteiger partial charge < -0.3 is 10.5 Å². The van der Waals surface area contributed by atoms with Crippen LogP contribution in [-0.2, 0) is 6.18 Å². The number of nitrogens with two attached hydrogens (primary N) is 1. The lowest BCUT2D eigenvalue weighted by Crippen LogP contribution is -2.21. The van der Waals surface area contributed by atoms with Gasteiger partial charge in [0.05, 0.1) is 11.3 Å². The smallest absolute Gasteiger partial charge is 0.416 e. The Bertz CT molecular complexity index is 973. The number of benzene rings is 2. The first-order chi connectivity index (χ1) is 13.0. The predicted molar refractivity (Wildman–Crippen MR) is 86.4 cm³/mol. The van der Waals surface area contributed by atoms with Crippen molar-refractivity contribution in [2.45, 2.75) is 6.18 Å². The van der Waals surface area contributed by atoms with E-state index in [1.54, 1.807) is 0 Å². The number of nitriles is 1. The highest BCUT2D eigenvalue weighted by Gasteiger charge is 2.33. The monoisotopic (exact) mass is 401 g/mol. The van der Waals surface area contributed by atoms with Crippen molar-refractivity contribution in [2.24, 2.45) is 10.8 Å². The summed E-state index contributed by atoms with van der Waals surface area (Å²) < 4.78 is 84.0. The zero-order chi connectivity index (χ0) is 21.1. The minimum Gasteiger partial charge on any atom is -0.449 e. The van der Waals surface area contributed by atoms with Crippen LogP contribution in [0.3, 0.4) is 0 Å². The van der Waals surface area contributed by atoms with Crippen LogP contribution >= 0.6 is 0 Å². The Morgan fingerprint density at radius 2 is 1.75 bits per heavy atom. The molecule has 0 aliphatic rings. The number of hydrogen-bond acceptors (Lipinski definition) is 5. The normalized spacial score (nSPS) is 11.7. The molecule has 0 amide bonds. The van der Waals surface area contributed by atoms with Crippen LogP contribution in [0.4, 0.5) is 32.0 Å². The molecule has 2 aromatic rings. The molecule has 0 saturated carbocycles. The van der Waals surface area contributed by atoms with Crippen LogP contribution in [0.25, 0.3) is 0 Å². The number of nitrogens with zero attached hydrogens (tertiary/aromatic N) is 2. The molecule has 12 heteroatoms. The van der Waals surface area contributed by atoms with Crippen LogP contribution in [0.5, 0.6) is 11.5 Å². The third-order valence-electron chi connectivity index (χ3n) is 3.13. The van der Waals surface area contributed by atoms with Gasteiger partial charge in [-0.1, -0.05) is 0 Å². The number of amidine groups is 1. The van der Waals surface area contributed by atoms with E-state index in [-0.39, 0.29) is 17.8 Å². The number of ether oxygens (including phenoxy) is 1. The number of nitrogens with one attached hydrogen (secondary N) is 2. The summed E-state index contributed by atoms with van der Waals surface area (Å²) in [7, 11) is 0. The molecule has 0 fully saturated rings. The molecule has 2 aromatic carbocycles. The fraction of sp³-hybridized carbons (Fsp3) is 0.0625. The number of alkyl halides is 3. The van der Waals surface area contributed by atoms with Gasteiger partial charge in [0.2, 0.25) is 5.71 Å². The quantitative estimate of drug-likeness (QED) is 0.303. The van der Waals surface area contributed by atoms with Crippen LogP contribution < -0.4 is 15.9 Å². The van der Waals surface area contributed by atoms with Crippen LogP contribution in [-0.4, -0.2) is 11.5 Å². The number of hydrogen-bond donors (Lipinski definition) is 3. The third kappa shape index (κ3) is 4.70.